The average Bonchev–Trinajstić information content (AvgIpc) is 3.10. The number of fused-ring (bicyclic) bond motifs is 3. The van der Waals surface area contributed by atoms with Gasteiger partial charge in [0.05, 0.1) is 12.2 Å². The maximum Gasteiger partial charge on any atom is 0.0768 e. The minimum Gasteiger partial charge on any atom is -0.399 e. The summed E-state index contributed by atoms with van der Waals surface area (Å²) in [6, 6.07) is 26.3. The van der Waals surface area contributed by atoms with E-state index in [9.17, 15) is 0 Å². The lowest BCUT2D eigenvalue weighted by Gasteiger charge is -2.41. The van der Waals surface area contributed by atoms with E-state index in [4.69, 9.17) is 5.73 Å². The van der Waals surface area contributed by atoms with Gasteiger partial charge < -0.3 is 20.5 Å². The fraction of sp³-hybridized carbons (Fsp3) is 0.308. The maximum absolute atomic E-state index is 5.96. The molecule has 0 spiro atoms. The summed E-state index contributed by atoms with van der Waals surface area (Å²) in [5, 5.41) is 6.08. The molecule has 30 heavy (non-hydrogen) atoms. The minimum atomic E-state index is 0.186. The van der Waals surface area contributed by atoms with Crippen molar-refractivity contribution >= 4 is 33.2 Å². The smallest absolute Gasteiger partial charge is 0.0768 e. The number of aromatic nitrogens is 1. The van der Waals surface area contributed by atoms with Crippen LogP contribution in [0.2, 0.25) is 0 Å². The second kappa shape index (κ2) is 8.41. The molecule has 3 atom stereocenters. The van der Waals surface area contributed by atoms with Crippen LogP contribution in [0.25, 0.3) is 21.8 Å². The molecule has 156 valence electrons. The Labute approximate surface area is 179 Å². The Morgan fingerprint density at radius 1 is 0.867 bits per heavy atom. The van der Waals surface area contributed by atoms with Gasteiger partial charge in [0, 0.05) is 39.2 Å². The molecule has 4 rings (SSSR count). The van der Waals surface area contributed by atoms with Gasteiger partial charge in [-0.15, -0.1) is 0 Å². The van der Waals surface area contributed by atoms with E-state index in [-0.39, 0.29) is 12.2 Å². The van der Waals surface area contributed by atoms with Crippen LogP contribution in [0.5, 0.6) is 0 Å². The van der Waals surface area contributed by atoms with Crippen molar-refractivity contribution in [3.63, 3.8) is 0 Å². The number of hydrogen-bond donors (Lipinski definition) is 2. The van der Waals surface area contributed by atoms with Crippen molar-refractivity contribution < 1.29 is 0 Å². The van der Waals surface area contributed by atoms with Gasteiger partial charge in [-0.25, -0.2) is 0 Å². The molecule has 3 aromatic carbocycles. The molecule has 1 heterocycles. The Balaban J connectivity index is 1.87. The number of rotatable bonds is 7. The molecule has 1 aromatic heterocycles. The molecule has 2 unspecified atom stereocenters. The lowest BCUT2D eigenvalue weighted by Crippen LogP contribution is -2.50. The van der Waals surface area contributed by atoms with Crippen LogP contribution in [0.15, 0.2) is 72.8 Å². The van der Waals surface area contributed by atoms with Crippen molar-refractivity contribution in [2.75, 3.05) is 17.7 Å². The van der Waals surface area contributed by atoms with Crippen molar-refractivity contribution in [1.82, 2.24) is 9.88 Å². The number of anilines is 2. The molecule has 0 aliphatic rings. The van der Waals surface area contributed by atoms with Gasteiger partial charge in [-0.3, -0.25) is 0 Å². The first-order valence-corrected chi connectivity index (χ1v) is 10.9. The summed E-state index contributed by atoms with van der Waals surface area (Å²) in [7, 11) is 2.02. The average molecular weight is 401 g/mol. The maximum atomic E-state index is 5.96. The van der Waals surface area contributed by atoms with E-state index >= 15 is 0 Å². The molecule has 0 bridgehead atoms. The molecule has 0 aliphatic carbocycles. The van der Waals surface area contributed by atoms with E-state index in [0.29, 0.717) is 6.04 Å². The Morgan fingerprint density at radius 2 is 1.40 bits per heavy atom. The summed E-state index contributed by atoms with van der Waals surface area (Å²) in [6.45, 7) is 6.84. The molecule has 0 amide bonds. The first-order chi connectivity index (χ1) is 14.6. The van der Waals surface area contributed by atoms with Crippen LogP contribution in [-0.4, -0.2) is 23.8 Å². The minimum absolute atomic E-state index is 0.186. The lowest BCUT2D eigenvalue weighted by molar-refractivity contribution is 0.378. The SMILES string of the molecule is CC[C@H](C(C)N(c1ccc(N)cc1)C(C)NC)n1c2ccccc2c2ccccc21. The van der Waals surface area contributed by atoms with Crippen LogP contribution >= 0.6 is 0 Å². The van der Waals surface area contributed by atoms with Crippen LogP contribution in [0, 0.1) is 0 Å². The van der Waals surface area contributed by atoms with Crippen molar-refractivity contribution in [1.29, 1.82) is 0 Å². The zero-order chi connectivity index (χ0) is 21.3. The zero-order valence-corrected chi connectivity index (χ0v) is 18.3. The Hall–Kier alpha value is -2.98. The monoisotopic (exact) mass is 400 g/mol. The van der Waals surface area contributed by atoms with Crippen LogP contribution in [-0.2, 0) is 0 Å². The first-order valence-electron chi connectivity index (χ1n) is 10.9. The predicted octanol–water partition coefficient (Wildman–Crippen LogP) is 5.79. The molecule has 0 saturated carbocycles. The molecule has 4 aromatic rings. The number of nitrogens with one attached hydrogen (secondary N) is 1. The van der Waals surface area contributed by atoms with Gasteiger partial charge in [-0.2, -0.15) is 0 Å². The van der Waals surface area contributed by atoms with Gasteiger partial charge in [0.25, 0.3) is 0 Å². The zero-order valence-electron chi connectivity index (χ0n) is 18.3. The summed E-state index contributed by atoms with van der Waals surface area (Å²) in [4.78, 5) is 2.47. The Bertz CT molecular complexity index is 1080. The molecular formula is C26H32N4. The van der Waals surface area contributed by atoms with E-state index in [0.717, 1.165) is 12.1 Å². The third-order valence-electron chi connectivity index (χ3n) is 6.39. The molecule has 0 aliphatic heterocycles. The highest BCUT2D eigenvalue weighted by molar-refractivity contribution is 6.08. The molecule has 3 N–H and O–H groups in total. The van der Waals surface area contributed by atoms with Gasteiger partial charge in [-0.05, 0) is 63.7 Å². The van der Waals surface area contributed by atoms with Crippen molar-refractivity contribution in [2.45, 2.75) is 45.4 Å². The van der Waals surface area contributed by atoms with E-state index in [2.05, 4.69) is 96.2 Å². The summed E-state index contributed by atoms with van der Waals surface area (Å²) >= 11 is 0. The van der Waals surface area contributed by atoms with Crippen molar-refractivity contribution in [3.05, 3.63) is 72.8 Å². The topological polar surface area (TPSA) is 46.2 Å². The number of para-hydroxylation sites is 2. The van der Waals surface area contributed by atoms with Gasteiger partial charge in [0.1, 0.15) is 0 Å². The number of nitrogens with two attached hydrogens (primary N) is 1. The fourth-order valence-corrected chi connectivity index (χ4v) is 4.83. The third-order valence-corrected chi connectivity index (χ3v) is 6.39. The highest BCUT2D eigenvalue weighted by Crippen LogP contribution is 2.36. The van der Waals surface area contributed by atoms with Crippen molar-refractivity contribution in [3.8, 4) is 0 Å². The Morgan fingerprint density at radius 3 is 1.90 bits per heavy atom. The number of nitrogen functional groups attached to an aromatic ring is 1. The molecule has 0 saturated heterocycles. The summed E-state index contributed by atoms with van der Waals surface area (Å²) in [6.07, 6.45) is 1.22. The summed E-state index contributed by atoms with van der Waals surface area (Å²) in [5.41, 5.74) is 10.5. The molecular weight excluding hydrogens is 368 g/mol. The van der Waals surface area contributed by atoms with E-state index in [1.54, 1.807) is 0 Å². The highest BCUT2D eigenvalue weighted by atomic mass is 15.3. The molecule has 4 heteroatoms. The lowest BCUT2D eigenvalue weighted by atomic mass is 10.0. The van der Waals surface area contributed by atoms with Crippen LogP contribution in [0.3, 0.4) is 0 Å². The Kier molecular flexibility index (Phi) is 5.69. The van der Waals surface area contributed by atoms with Crippen LogP contribution in [0.4, 0.5) is 11.4 Å². The quantitative estimate of drug-likeness (QED) is 0.305. The fourth-order valence-electron chi connectivity index (χ4n) is 4.83. The largest absolute Gasteiger partial charge is 0.399 e. The molecule has 0 radical (unpaired) electrons. The van der Waals surface area contributed by atoms with E-state index < -0.39 is 0 Å². The second-order valence-electron chi connectivity index (χ2n) is 8.08. The summed E-state index contributed by atoms with van der Waals surface area (Å²) < 4.78 is 2.54. The second-order valence-corrected chi connectivity index (χ2v) is 8.08. The van der Waals surface area contributed by atoms with Gasteiger partial charge >= 0.3 is 0 Å². The number of hydrogen-bond acceptors (Lipinski definition) is 3. The van der Waals surface area contributed by atoms with Crippen molar-refractivity contribution in [2.24, 2.45) is 0 Å². The van der Waals surface area contributed by atoms with Crippen LogP contribution < -0.4 is 16.0 Å². The van der Waals surface area contributed by atoms with Gasteiger partial charge in [0.2, 0.25) is 0 Å². The van der Waals surface area contributed by atoms with E-state index in [1.807, 2.05) is 19.2 Å². The predicted molar refractivity (Wildman–Crippen MR) is 130 cm³/mol. The highest BCUT2D eigenvalue weighted by Gasteiger charge is 2.29. The third kappa shape index (κ3) is 3.41. The summed E-state index contributed by atoms with van der Waals surface area (Å²) in [5.74, 6) is 0. The first kappa shape index (κ1) is 20.3. The van der Waals surface area contributed by atoms with Gasteiger partial charge in [0.15, 0.2) is 0 Å². The van der Waals surface area contributed by atoms with Crippen LogP contribution in [0.1, 0.15) is 33.2 Å². The normalized spacial score (nSPS) is 14.7. The number of benzene rings is 3. The molecule has 4 nitrogen and oxygen atoms in total. The number of nitrogens with zero attached hydrogens (tertiary/aromatic N) is 2. The van der Waals surface area contributed by atoms with E-state index in [1.165, 1.54) is 27.5 Å². The van der Waals surface area contributed by atoms with Gasteiger partial charge in [-0.1, -0.05) is 43.3 Å². The standard InChI is InChI=1S/C26H32N4/c1-5-24(18(2)29(19(3)28-4)21-16-14-20(27)15-17-21)30-25-12-8-6-10-22(25)23-11-7-9-13-26(23)30/h6-19,24,28H,5,27H2,1-4H3/t18?,19?,24-/m1/s1. The molecule has 0 fully saturated rings.